The maximum absolute atomic E-state index is 13.9. The zero-order valence-corrected chi connectivity index (χ0v) is 16.3. The molecule has 0 fully saturated rings. The van der Waals surface area contributed by atoms with Crippen LogP contribution >= 0.6 is 11.6 Å². The number of hydrogen-bond acceptors (Lipinski definition) is 2. The van der Waals surface area contributed by atoms with Crippen LogP contribution in [-0.4, -0.2) is 29.9 Å². The van der Waals surface area contributed by atoms with Gasteiger partial charge in [0.1, 0.15) is 5.82 Å². The first-order valence-electron chi connectivity index (χ1n) is 8.77. The zero-order valence-electron chi connectivity index (χ0n) is 15.6. The lowest BCUT2D eigenvalue weighted by Crippen LogP contribution is -2.34. The maximum atomic E-state index is 13.9. The Morgan fingerprint density at radius 2 is 1.74 bits per heavy atom. The van der Waals surface area contributed by atoms with Crippen LogP contribution in [0.25, 0.3) is 0 Å². The molecule has 1 unspecified atom stereocenters. The van der Waals surface area contributed by atoms with E-state index in [9.17, 15) is 14.0 Å². The molecule has 2 N–H and O–H groups in total. The molecule has 0 saturated carbocycles. The van der Waals surface area contributed by atoms with Crippen LogP contribution in [0.5, 0.6) is 0 Å². The number of urea groups is 1. The summed E-state index contributed by atoms with van der Waals surface area (Å²) >= 11 is 5.71. The molecule has 2 rings (SSSR count). The van der Waals surface area contributed by atoms with Crippen LogP contribution in [0.1, 0.15) is 42.7 Å². The molecule has 0 aliphatic rings. The summed E-state index contributed by atoms with van der Waals surface area (Å²) in [6.45, 7) is 6.89. The third-order valence-corrected chi connectivity index (χ3v) is 4.47. The van der Waals surface area contributed by atoms with Crippen LogP contribution in [0.2, 0.25) is 5.02 Å². The van der Waals surface area contributed by atoms with Gasteiger partial charge in [-0.25, -0.2) is 9.18 Å². The van der Waals surface area contributed by atoms with Gasteiger partial charge in [-0.1, -0.05) is 23.7 Å². The van der Waals surface area contributed by atoms with Gasteiger partial charge in [0.15, 0.2) is 0 Å². The lowest BCUT2D eigenvalue weighted by Gasteiger charge is -2.20. The number of hydrogen-bond donors (Lipinski definition) is 2. The van der Waals surface area contributed by atoms with E-state index in [0.717, 1.165) is 11.6 Å². The van der Waals surface area contributed by atoms with E-state index in [0.29, 0.717) is 18.8 Å². The molecule has 0 aromatic heterocycles. The van der Waals surface area contributed by atoms with Crippen molar-refractivity contribution in [1.82, 2.24) is 10.2 Å². The van der Waals surface area contributed by atoms with Crippen LogP contribution in [0.15, 0.2) is 42.5 Å². The predicted molar refractivity (Wildman–Crippen MR) is 106 cm³/mol. The molecule has 0 spiro atoms. The van der Waals surface area contributed by atoms with E-state index < -0.39 is 11.7 Å². The number of nitrogens with one attached hydrogen (secondary N) is 2. The van der Waals surface area contributed by atoms with Crippen molar-refractivity contribution < 1.29 is 14.0 Å². The van der Waals surface area contributed by atoms with Crippen LogP contribution in [0, 0.1) is 5.82 Å². The SMILES string of the molecule is CCN(CC)C(=O)Nc1ccc(C(C)NC(=O)c2ccc(Cl)cc2F)cc1. The second-order valence-electron chi connectivity index (χ2n) is 6.04. The van der Waals surface area contributed by atoms with Crippen molar-refractivity contribution in [3.63, 3.8) is 0 Å². The molecule has 0 aliphatic carbocycles. The average molecular weight is 392 g/mol. The average Bonchev–Trinajstić information content (AvgIpc) is 2.63. The topological polar surface area (TPSA) is 61.4 Å². The molecule has 2 aromatic rings. The highest BCUT2D eigenvalue weighted by Gasteiger charge is 2.16. The molecule has 0 bridgehead atoms. The van der Waals surface area contributed by atoms with E-state index in [4.69, 9.17) is 11.6 Å². The second-order valence-corrected chi connectivity index (χ2v) is 6.48. The highest BCUT2D eigenvalue weighted by atomic mass is 35.5. The highest BCUT2D eigenvalue weighted by Crippen LogP contribution is 2.19. The van der Waals surface area contributed by atoms with Crippen molar-refractivity contribution in [2.24, 2.45) is 0 Å². The quantitative estimate of drug-likeness (QED) is 0.739. The molecule has 2 aromatic carbocycles. The van der Waals surface area contributed by atoms with E-state index in [-0.39, 0.29) is 22.7 Å². The first kappa shape index (κ1) is 20.7. The van der Waals surface area contributed by atoms with E-state index in [1.165, 1.54) is 12.1 Å². The van der Waals surface area contributed by atoms with Crippen molar-refractivity contribution in [2.75, 3.05) is 18.4 Å². The molecule has 5 nitrogen and oxygen atoms in total. The summed E-state index contributed by atoms with van der Waals surface area (Å²) in [7, 11) is 0. The summed E-state index contributed by atoms with van der Waals surface area (Å²) in [6.07, 6.45) is 0. The monoisotopic (exact) mass is 391 g/mol. The van der Waals surface area contributed by atoms with Crippen LogP contribution in [0.3, 0.4) is 0 Å². The predicted octanol–water partition coefficient (Wildman–Crippen LogP) is 4.84. The van der Waals surface area contributed by atoms with Crippen LogP contribution in [-0.2, 0) is 0 Å². The van der Waals surface area contributed by atoms with Crippen molar-refractivity contribution in [3.05, 3.63) is 64.4 Å². The van der Waals surface area contributed by atoms with E-state index in [1.54, 1.807) is 36.1 Å². The molecule has 0 aliphatic heterocycles. The molecule has 0 radical (unpaired) electrons. The highest BCUT2D eigenvalue weighted by molar-refractivity contribution is 6.30. The van der Waals surface area contributed by atoms with Crippen LogP contribution < -0.4 is 10.6 Å². The summed E-state index contributed by atoms with van der Waals surface area (Å²) in [5, 5.41) is 5.81. The Balaban J connectivity index is 2.01. The molecular weight excluding hydrogens is 369 g/mol. The fourth-order valence-corrected chi connectivity index (χ4v) is 2.76. The van der Waals surface area contributed by atoms with Gasteiger partial charge in [0.2, 0.25) is 0 Å². The van der Waals surface area contributed by atoms with Gasteiger partial charge in [-0.2, -0.15) is 0 Å². The Morgan fingerprint density at radius 3 is 2.30 bits per heavy atom. The number of nitrogens with zero attached hydrogens (tertiary/aromatic N) is 1. The summed E-state index contributed by atoms with van der Waals surface area (Å²) < 4.78 is 13.9. The minimum atomic E-state index is -0.665. The number of halogens is 2. The number of carbonyl (C=O) groups excluding carboxylic acids is 2. The van der Waals surface area contributed by atoms with E-state index in [2.05, 4.69) is 10.6 Å². The Labute approximate surface area is 163 Å². The normalized spacial score (nSPS) is 11.6. The summed E-state index contributed by atoms with van der Waals surface area (Å²) in [5.41, 5.74) is 1.44. The first-order chi connectivity index (χ1) is 12.8. The maximum Gasteiger partial charge on any atom is 0.321 e. The van der Waals surface area contributed by atoms with Gasteiger partial charge in [0.05, 0.1) is 11.6 Å². The lowest BCUT2D eigenvalue weighted by atomic mass is 10.1. The van der Waals surface area contributed by atoms with Crippen LogP contribution in [0.4, 0.5) is 14.9 Å². The van der Waals surface area contributed by atoms with Gasteiger partial charge in [0, 0.05) is 23.8 Å². The molecule has 3 amide bonds. The van der Waals surface area contributed by atoms with Crippen molar-refractivity contribution in [1.29, 1.82) is 0 Å². The number of rotatable bonds is 6. The van der Waals surface area contributed by atoms with E-state index in [1.807, 2.05) is 13.8 Å². The molecule has 27 heavy (non-hydrogen) atoms. The number of anilines is 1. The standard InChI is InChI=1S/C20H23ClFN3O2/c1-4-25(5-2)20(27)24-16-9-6-14(7-10-16)13(3)23-19(26)17-11-8-15(21)12-18(17)22/h6-13H,4-5H2,1-3H3,(H,23,26)(H,24,27). The van der Waals surface area contributed by atoms with Gasteiger partial charge in [-0.3, -0.25) is 4.79 Å². The van der Waals surface area contributed by atoms with Gasteiger partial charge in [-0.15, -0.1) is 0 Å². The minimum Gasteiger partial charge on any atom is -0.345 e. The molecule has 7 heteroatoms. The Kier molecular flexibility index (Phi) is 7.19. The largest absolute Gasteiger partial charge is 0.345 e. The Morgan fingerprint density at radius 1 is 1.11 bits per heavy atom. The van der Waals surface area contributed by atoms with Crippen molar-refractivity contribution >= 4 is 29.2 Å². The minimum absolute atomic E-state index is 0.0608. The smallest absolute Gasteiger partial charge is 0.321 e. The first-order valence-corrected chi connectivity index (χ1v) is 9.15. The summed E-state index contributed by atoms with van der Waals surface area (Å²) in [5.74, 6) is -1.18. The van der Waals surface area contributed by atoms with Gasteiger partial charge in [-0.05, 0) is 56.7 Å². The fourth-order valence-electron chi connectivity index (χ4n) is 2.60. The Hall–Kier alpha value is -2.60. The third-order valence-electron chi connectivity index (χ3n) is 4.24. The molecular formula is C20H23ClFN3O2. The van der Waals surface area contributed by atoms with Gasteiger partial charge < -0.3 is 15.5 Å². The van der Waals surface area contributed by atoms with Gasteiger partial charge in [0.25, 0.3) is 5.91 Å². The van der Waals surface area contributed by atoms with E-state index >= 15 is 0 Å². The summed E-state index contributed by atoms with van der Waals surface area (Å²) in [6, 6.07) is 10.6. The summed E-state index contributed by atoms with van der Waals surface area (Å²) in [4.78, 5) is 26.0. The molecule has 1 atom stereocenters. The molecule has 0 saturated heterocycles. The van der Waals surface area contributed by atoms with Crippen molar-refractivity contribution in [2.45, 2.75) is 26.8 Å². The number of amides is 3. The van der Waals surface area contributed by atoms with Crippen molar-refractivity contribution in [3.8, 4) is 0 Å². The zero-order chi connectivity index (χ0) is 20.0. The molecule has 0 heterocycles. The molecule has 144 valence electrons. The fraction of sp³-hybridized carbons (Fsp3) is 0.300. The number of benzene rings is 2. The number of carbonyl (C=O) groups is 2. The lowest BCUT2D eigenvalue weighted by molar-refractivity contribution is 0.0936. The second kappa shape index (κ2) is 9.37. The van der Waals surface area contributed by atoms with Gasteiger partial charge >= 0.3 is 6.03 Å². The third kappa shape index (κ3) is 5.44. The Bertz CT molecular complexity index is 807.